The van der Waals surface area contributed by atoms with Crippen LogP contribution in [0.2, 0.25) is 0 Å². The van der Waals surface area contributed by atoms with E-state index in [0.29, 0.717) is 0 Å². The number of nitrogens with zero attached hydrogens (tertiary/aromatic N) is 3. The predicted molar refractivity (Wildman–Crippen MR) is 98.9 cm³/mol. The quantitative estimate of drug-likeness (QED) is 0.802. The number of aryl methyl sites for hydroxylation is 2. The topological polar surface area (TPSA) is 36.4 Å². The molecule has 0 atom stereocenters. The molecule has 0 N–H and O–H groups in total. The van der Waals surface area contributed by atoms with Gasteiger partial charge < -0.3 is 4.90 Å². The fraction of sp³-hybridized carbons (Fsp3) is 0.368. The lowest BCUT2D eigenvalue weighted by Gasteiger charge is -2.33. The highest BCUT2D eigenvalue weighted by molar-refractivity contribution is 7.09. The summed E-state index contributed by atoms with van der Waals surface area (Å²) in [5.41, 5.74) is 3.42. The molecule has 2 aromatic rings. The van der Waals surface area contributed by atoms with Crippen LogP contribution in [0.3, 0.4) is 0 Å². The van der Waals surface area contributed by atoms with Gasteiger partial charge in [-0.1, -0.05) is 24.3 Å². The minimum Gasteiger partial charge on any atom is -0.337 e. The van der Waals surface area contributed by atoms with Crippen LogP contribution in [0.5, 0.6) is 0 Å². The predicted octanol–water partition coefficient (Wildman–Crippen LogP) is 3.12. The largest absolute Gasteiger partial charge is 0.337 e. The SMILES string of the molecule is Cc1nc(CN2CCN(C(=O)C=Cc3ccccc3C)CC2)cs1. The van der Waals surface area contributed by atoms with Crippen LogP contribution in [0.15, 0.2) is 35.7 Å². The fourth-order valence-corrected chi connectivity index (χ4v) is 3.48. The van der Waals surface area contributed by atoms with E-state index < -0.39 is 0 Å². The molecule has 0 aliphatic carbocycles. The maximum Gasteiger partial charge on any atom is 0.246 e. The van der Waals surface area contributed by atoms with Gasteiger partial charge in [0.2, 0.25) is 5.91 Å². The molecule has 1 amide bonds. The van der Waals surface area contributed by atoms with Crippen molar-refractivity contribution in [1.29, 1.82) is 0 Å². The normalized spacial score (nSPS) is 16.0. The van der Waals surface area contributed by atoms with E-state index in [1.807, 2.05) is 36.1 Å². The summed E-state index contributed by atoms with van der Waals surface area (Å²) >= 11 is 1.69. The minimum atomic E-state index is 0.0994. The van der Waals surface area contributed by atoms with E-state index in [2.05, 4.69) is 28.3 Å². The average Bonchev–Trinajstić information content (AvgIpc) is 2.99. The van der Waals surface area contributed by atoms with Crippen molar-refractivity contribution in [2.75, 3.05) is 26.2 Å². The molecule has 2 heterocycles. The second kappa shape index (κ2) is 7.73. The third-order valence-corrected chi connectivity index (χ3v) is 5.15. The van der Waals surface area contributed by atoms with E-state index in [9.17, 15) is 4.79 Å². The summed E-state index contributed by atoms with van der Waals surface area (Å²) in [4.78, 5) is 21.2. The van der Waals surface area contributed by atoms with Gasteiger partial charge in [-0.3, -0.25) is 9.69 Å². The molecule has 1 aliphatic rings. The van der Waals surface area contributed by atoms with Gasteiger partial charge in [-0.25, -0.2) is 4.98 Å². The second-order valence-corrected chi connectivity index (χ2v) is 7.21. The van der Waals surface area contributed by atoms with Gasteiger partial charge in [-0.2, -0.15) is 0 Å². The Kier molecular flexibility index (Phi) is 5.43. The zero-order valence-corrected chi connectivity index (χ0v) is 15.1. The van der Waals surface area contributed by atoms with E-state index in [1.165, 1.54) is 5.56 Å². The Bertz CT molecular complexity index is 730. The first-order valence-electron chi connectivity index (χ1n) is 8.28. The first-order chi connectivity index (χ1) is 11.6. The number of hydrogen-bond donors (Lipinski definition) is 0. The minimum absolute atomic E-state index is 0.0994. The summed E-state index contributed by atoms with van der Waals surface area (Å²) in [5.74, 6) is 0.0994. The van der Waals surface area contributed by atoms with Crippen molar-refractivity contribution in [2.24, 2.45) is 0 Å². The molecule has 5 heteroatoms. The molecule has 0 spiro atoms. The molecule has 1 saturated heterocycles. The van der Waals surface area contributed by atoms with Crippen molar-refractivity contribution in [2.45, 2.75) is 20.4 Å². The van der Waals surface area contributed by atoms with E-state index >= 15 is 0 Å². The van der Waals surface area contributed by atoms with Crippen LogP contribution in [0.1, 0.15) is 21.8 Å². The Morgan fingerprint density at radius 3 is 2.62 bits per heavy atom. The molecular weight excluding hydrogens is 318 g/mol. The summed E-state index contributed by atoms with van der Waals surface area (Å²) in [6.07, 6.45) is 3.61. The lowest BCUT2D eigenvalue weighted by molar-refractivity contribution is -0.127. The van der Waals surface area contributed by atoms with Gasteiger partial charge in [0, 0.05) is 44.2 Å². The number of piperazine rings is 1. The summed E-state index contributed by atoms with van der Waals surface area (Å²) in [7, 11) is 0. The van der Waals surface area contributed by atoms with Crippen LogP contribution in [-0.2, 0) is 11.3 Å². The Morgan fingerprint density at radius 1 is 1.21 bits per heavy atom. The molecular formula is C19H23N3OS. The lowest BCUT2D eigenvalue weighted by Crippen LogP contribution is -2.47. The van der Waals surface area contributed by atoms with E-state index in [1.54, 1.807) is 17.4 Å². The van der Waals surface area contributed by atoms with Crippen molar-refractivity contribution in [1.82, 2.24) is 14.8 Å². The van der Waals surface area contributed by atoms with E-state index in [-0.39, 0.29) is 5.91 Å². The molecule has 4 nitrogen and oxygen atoms in total. The van der Waals surface area contributed by atoms with Gasteiger partial charge in [0.05, 0.1) is 10.7 Å². The summed E-state index contributed by atoms with van der Waals surface area (Å²) in [5, 5.41) is 3.23. The molecule has 126 valence electrons. The number of thiazole rings is 1. The number of aromatic nitrogens is 1. The lowest BCUT2D eigenvalue weighted by atomic mass is 10.1. The summed E-state index contributed by atoms with van der Waals surface area (Å²) in [6.45, 7) is 8.33. The van der Waals surface area contributed by atoms with Crippen molar-refractivity contribution < 1.29 is 4.79 Å². The van der Waals surface area contributed by atoms with Crippen molar-refractivity contribution >= 4 is 23.3 Å². The Hall–Kier alpha value is -1.98. The number of carbonyl (C=O) groups excluding carboxylic acids is 1. The third-order valence-electron chi connectivity index (χ3n) is 4.33. The molecule has 24 heavy (non-hydrogen) atoms. The van der Waals surface area contributed by atoms with E-state index in [0.717, 1.165) is 49.0 Å². The molecule has 0 bridgehead atoms. The molecule has 1 aliphatic heterocycles. The van der Waals surface area contributed by atoms with Crippen molar-refractivity contribution in [3.05, 3.63) is 57.6 Å². The molecule has 1 aromatic heterocycles. The maximum absolute atomic E-state index is 12.4. The third kappa shape index (κ3) is 4.30. The molecule has 0 radical (unpaired) electrons. The zero-order chi connectivity index (χ0) is 16.9. The average molecular weight is 341 g/mol. The highest BCUT2D eigenvalue weighted by Crippen LogP contribution is 2.13. The van der Waals surface area contributed by atoms with Crippen LogP contribution < -0.4 is 0 Å². The smallest absolute Gasteiger partial charge is 0.246 e. The van der Waals surface area contributed by atoms with Crippen molar-refractivity contribution in [3.8, 4) is 0 Å². The van der Waals surface area contributed by atoms with Gasteiger partial charge in [-0.05, 0) is 31.1 Å². The zero-order valence-electron chi connectivity index (χ0n) is 14.2. The Morgan fingerprint density at radius 2 is 1.96 bits per heavy atom. The number of benzene rings is 1. The van der Waals surface area contributed by atoms with Gasteiger partial charge in [0.15, 0.2) is 0 Å². The summed E-state index contributed by atoms with van der Waals surface area (Å²) < 4.78 is 0. The van der Waals surface area contributed by atoms with Crippen LogP contribution in [0.25, 0.3) is 6.08 Å². The first kappa shape index (κ1) is 16.9. The highest BCUT2D eigenvalue weighted by Gasteiger charge is 2.20. The number of carbonyl (C=O) groups is 1. The van der Waals surface area contributed by atoms with E-state index in [4.69, 9.17) is 0 Å². The molecule has 1 fully saturated rings. The standard InChI is InChI=1S/C19H23N3OS/c1-15-5-3-4-6-17(15)7-8-19(23)22-11-9-21(10-12-22)13-18-14-24-16(2)20-18/h3-8,14H,9-13H2,1-2H3. The highest BCUT2D eigenvalue weighted by atomic mass is 32.1. The number of hydrogen-bond acceptors (Lipinski definition) is 4. The van der Waals surface area contributed by atoms with Crippen LogP contribution in [-0.4, -0.2) is 46.9 Å². The van der Waals surface area contributed by atoms with Crippen LogP contribution >= 0.6 is 11.3 Å². The van der Waals surface area contributed by atoms with Gasteiger partial charge >= 0.3 is 0 Å². The summed E-state index contributed by atoms with van der Waals surface area (Å²) in [6, 6.07) is 8.10. The fourth-order valence-electron chi connectivity index (χ4n) is 2.88. The molecule has 0 saturated carbocycles. The number of amides is 1. The van der Waals surface area contributed by atoms with Gasteiger partial charge in [-0.15, -0.1) is 11.3 Å². The van der Waals surface area contributed by atoms with Gasteiger partial charge in [0.1, 0.15) is 0 Å². The van der Waals surface area contributed by atoms with Crippen LogP contribution in [0, 0.1) is 13.8 Å². The van der Waals surface area contributed by atoms with Crippen LogP contribution in [0.4, 0.5) is 0 Å². The number of rotatable bonds is 4. The van der Waals surface area contributed by atoms with Crippen molar-refractivity contribution in [3.63, 3.8) is 0 Å². The molecule has 0 unspecified atom stereocenters. The monoisotopic (exact) mass is 341 g/mol. The Labute approximate surface area is 147 Å². The molecule has 1 aromatic carbocycles. The Balaban J connectivity index is 1.51. The second-order valence-electron chi connectivity index (χ2n) is 6.15. The maximum atomic E-state index is 12.4. The molecule has 3 rings (SSSR count). The first-order valence-corrected chi connectivity index (χ1v) is 9.16. The van der Waals surface area contributed by atoms with Gasteiger partial charge in [0.25, 0.3) is 0 Å².